The van der Waals surface area contributed by atoms with Gasteiger partial charge in [0.25, 0.3) is 0 Å². The molecule has 0 atom stereocenters. The van der Waals surface area contributed by atoms with E-state index in [-0.39, 0.29) is 5.78 Å². The van der Waals surface area contributed by atoms with Crippen LogP contribution in [0.5, 0.6) is 5.75 Å². The first-order chi connectivity index (χ1) is 14.0. The summed E-state index contributed by atoms with van der Waals surface area (Å²) in [5, 5.41) is 7.17. The Kier molecular flexibility index (Phi) is 5.36. The van der Waals surface area contributed by atoms with Crippen molar-refractivity contribution in [2.24, 2.45) is 0 Å². The summed E-state index contributed by atoms with van der Waals surface area (Å²) in [6.45, 7) is 1.93. The highest BCUT2D eigenvalue weighted by Gasteiger charge is 2.25. The fourth-order valence-corrected chi connectivity index (χ4v) is 3.52. The molecule has 7 heteroatoms. The highest BCUT2D eigenvalue weighted by atomic mass is 35.5. The van der Waals surface area contributed by atoms with Crippen molar-refractivity contribution in [2.75, 3.05) is 17.7 Å². The average Bonchev–Trinajstić information content (AvgIpc) is 2.72. The lowest BCUT2D eigenvalue weighted by molar-refractivity contribution is 0.0972. The molecule has 1 aliphatic carbocycles. The van der Waals surface area contributed by atoms with Gasteiger partial charge in [0.2, 0.25) is 5.95 Å². The van der Waals surface area contributed by atoms with Crippen LogP contribution in [0.4, 0.5) is 23.1 Å². The Balaban J connectivity index is 1.73. The van der Waals surface area contributed by atoms with Gasteiger partial charge in [-0.3, -0.25) is 4.79 Å². The lowest BCUT2D eigenvalue weighted by Crippen LogP contribution is -2.18. The first kappa shape index (κ1) is 19.2. The van der Waals surface area contributed by atoms with Crippen molar-refractivity contribution >= 4 is 40.5 Å². The summed E-state index contributed by atoms with van der Waals surface area (Å²) in [6, 6.07) is 13.1. The minimum atomic E-state index is 0.0597. The second-order valence-electron chi connectivity index (χ2n) is 6.89. The fraction of sp³-hybridized carbons (Fsp3) is 0.227. The monoisotopic (exact) mass is 408 g/mol. The van der Waals surface area contributed by atoms with Crippen molar-refractivity contribution in [2.45, 2.75) is 26.2 Å². The van der Waals surface area contributed by atoms with Gasteiger partial charge in [-0.1, -0.05) is 17.7 Å². The molecule has 1 heterocycles. The maximum Gasteiger partial charge on any atom is 0.229 e. The molecule has 1 aliphatic rings. The molecular weight excluding hydrogens is 388 g/mol. The standard InChI is InChI=1S/C22H21ClN4O2/c1-13-16(23)5-3-6-17(13)25-21-20-18(7-4-8-19(20)28)26-22(27-21)24-14-9-11-15(29-2)12-10-14/h3,5-6,9-12H,4,7-8H2,1-2H3,(H2,24,25,26,27). The zero-order valence-corrected chi connectivity index (χ0v) is 17.0. The van der Waals surface area contributed by atoms with Gasteiger partial charge in [-0.2, -0.15) is 4.98 Å². The summed E-state index contributed by atoms with van der Waals surface area (Å²) in [7, 11) is 1.63. The van der Waals surface area contributed by atoms with Gasteiger partial charge < -0.3 is 15.4 Å². The first-order valence-corrected chi connectivity index (χ1v) is 9.80. The molecule has 1 aromatic heterocycles. The van der Waals surface area contributed by atoms with Crippen molar-refractivity contribution in [3.63, 3.8) is 0 Å². The van der Waals surface area contributed by atoms with Crippen molar-refractivity contribution in [1.29, 1.82) is 0 Å². The summed E-state index contributed by atoms with van der Waals surface area (Å²) >= 11 is 6.25. The topological polar surface area (TPSA) is 76.1 Å². The second kappa shape index (κ2) is 8.09. The number of benzene rings is 2. The van der Waals surface area contributed by atoms with E-state index in [2.05, 4.69) is 20.6 Å². The van der Waals surface area contributed by atoms with Crippen molar-refractivity contribution in [3.8, 4) is 5.75 Å². The number of aryl methyl sites for hydroxylation is 1. The summed E-state index contributed by atoms with van der Waals surface area (Å²) in [5.74, 6) is 1.77. The predicted molar refractivity (Wildman–Crippen MR) is 115 cm³/mol. The fourth-order valence-electron chi connectivity index (χ4n) is 3.34. The van der Waals surface area contributed by atoms with Crippen LogP contribution in [-0.2, 0) is 6.42 Å². The van der Waals surface area contributed by atoms with Gasteiger partial charge in [-0.05, 0) is 61.7 Å². The number of ketones is 1. The van der Waals surface area contributed by atoms with E-state index in [0.717, 1.165) is 41.2 Å². The summed E-state index contributed by atoms with van der Waals surface area (Å²) in [4.78, 5) is 21.8. The van der Waals surface area contributed by atoms with Crippen LogP contribution in [0.2, 0.25) is 5.02 Å². The third-order valence-electron chi connectivity index (χ3n) is 4.95. The third-order valence-corrected chi connectivity index (χ3v) is 5.36. The number of methoxy groups -OCH3 is 1. The van der Waals surface area contributed by atoms with Crippen molar-refractivity contribution in [1.82, 2.24) is 9.97 Å². The van der Waals surface area contributed by atoms with Gasteiger partial charge in [0, 0.05) is 22.8 Å². The lowest BCUT2D eigenvalue weighted by Gasteiger charge is -2.20. The van der Waals surface area contributed by atoms with Crippen LogP contribution >= 0.6 is 11.6 Å². The van der Waals surface area contributed by atoms with E-state index in [9.17, 15) is 4.79 Å². The Hall–Kier alpha value is -3.12. The molecule has 0 saturated heterocycles. The summed E-state index contributed by atoms with van der Waals surface area (Å²) < 4.78 is 5.19. The Morgan fingerprint density at radius 2 is 1.83 bits per heavy atom. The molecule has 3 aromatic rings. The van der Waals surface area contributed by atoms with Crippen LogP contribution in [0.15, 0.2) is 42.5 Å². The van der Waals surface area contributed by atoms with Gasteiger partial charge in [0.1, 0.15) is 11.6 Å². The normalized spacial score (nSPS) is 13.0. The number of Topliss-reactive ketones (excluding diaryl/α,β-unsaturated/α-hetero) is 1. The Morgan fingerprint density at radius 1 is 1.03 bits per heavy atom. The lowest BCUT2D eigenvalue weighted by atomic mass is 9.95. The summed E-state index contributed by atoms with van der Waals surface area (Å²) in [6.07, 6.45) is 2.04. The second-order valence-corrected chi connectivity index (χ2v) is 7.29. The molecular formula is C22H21ClN4O2. The predicted octanol–water partition coefficient (Wildman–Crippen LogP) is 5.45. The van der Waals surface area contributed by atoms with E-state index in [1.807, 2.05) is 49.4 Å². The van der Waals surface area contributed by atoms with Gasteiger partial charge >= 0.3 is 0 Å². The third kappa shape index (κ3) is 4.03. The van der Waals surface area contributed by atoms with Crippen LogP contribution in [0.1, 0.15) is 34.5 Å². The van der Waals surface area contributed by atoms with Gasteiger partial charge in [0.05, 0.1) is 18.4 Å². The van der Waals surface area contributed by atoms with Crippen molar-refractivity contribution in [3.05, 3.63) is 64.3 Å². The van der Waals surface area contributed by atoms with Crippen LogP contribution in [0, 0.1) is 6.92 Å². The van der Waals surface area contributed by atoms with Crippen LogP contribution in [0.25, 0.3) is 0 Å². The highest BCUT2D eigenvalue weighted by Crippen LogP contribution is 2.32. The number of nitrogens with zero attached hydrogens (tertiary/aromatic N) is 2. The van der Waals surface area contributed by atoms with Crippen LogP contribution in [-0.4, -0.2) is 22.9 Å². The molecule has 0 fully saturated rings. The minimum absolute atomic E-state index is 0.0597. The Morgan fingerprint density at radius 3 is 2.59 bits per heavy atom. The van der Waals surface area contributed by atoms with Gasteiger partial charge in [-0.15, -0.1) is 0 Å². The molecule has 29 heavy (non-hydrogen) atoms. The van der Waals surface area contributed by atoms with E-state index in [0.29, 0.717) is 28.8 Å². The quantitative estimate of drug-likeness (QED) is 0.584. The molecule has 0 radical (unpaired) electrons. The number of nitrogens with one attached hydrogen (secondary N) is 2. The molecule has 0 aliphatic heterocycles. The Labute approximate surface area is 174 Å². The van der Waals surface area contributed by atoms with E-state index in [4.69, 9.17) is 16.3 Å². The zero-order valence-electron chi connectivity index (χ0n) is 16.3. The molecule has 0 unspecified atom stereocenters. The largest absolute Gasteiger partial charge is 0.497 e. The number of anilines is 4. The molecule has 2 aromatic carbocycles. The summed E-state index contributed by atoms with van der Waals surface area (Å²) in [5.41, 5.74) is 3.87. The van der Waals surface area contributed by atoms with E-state index >= 15 is 0 Å². The number of hydrogen-bond acceptors (Lipinski definition) is 6. The molecule has 6 nitrogen and oxygen atoms in total. The smallest absolute Gasteiger partial charge is 0.229 e. The number of ether oxygens (including phenoxy) is 1. The van der Waals surface area contributed by atoms with Gasteiger partial charge in [-0.25, -0.2) is 4.98 Å². The molecule has 0 amide bonds. The van der Waals surface area contributed by atoms with E-state index < -0.39 is 0 Å². The number of fused-ring (bicyclic) bond motifs is 1. The van der Waals surface area contributed by atoms with Gasteiger partial charge in [0.15, 0.2) is 5.78 Å². The van der Waals surface area contributed by atoms with E-state index in [1.165, 1.54) is 0 Å². The minimum Gasteiger partial charge on any atom is -0.497 e. The molecule has 0 bridgehead atoms. The SMILES string of the molecule is COc1ccc(Nc2nc3c(c(Nc4cccc(Cl)c4C)n2)C(=O)CCC3)cc1. The van der Waals surface area contributed by atoms with Crippen molar-refractivity contribution < 1.29 is 9.53 Å². The molecule has 148 valence electrons. The maximum absolute atomic E-state index is 12.6. The van der Waals surface area contributed by atoms with Crippen LogP contribution < -0.4 is 15.4 Å². The molecule has 2 N–H and O–H groups in total. The Bertz CT molecular complexity index is 1070. The number of carbonyl (C=O) groups is 1. The molecule has 4 rings (SSSR count). The molecule has 0 spiro atoms. The number of aromatic nitrogens is 2. The highest BCUT2D eigenvalue weighted by molar-refractivity contribution is 6.31. The number of hydrogen-bond donors (Lipinski definition) is 2. The average molecular weight is 409 g/mol. The number of halogens is 1. The molecule has 0 saturated carbocycles. The number of rotatable bonds is 5. The zero-order chi connectivity index (χ0) is 20.4. The first-order valence-electron chi connectivity index (χ1n) is 9.42. The maximum atomic E-state index is 12.6. The van der Waals surface area contributed by atoms with E-state index in [1.54, 1.807) is 7.11 Å². The van der Waals surface area contributed by atoms with Crippen LogP contribution in [0.3, 0.4) is 0 Å². The number of carbonyl (C=O) groups excluding carboxylic acids is 1.